The van der Waals surface area contributed by atoms with E-state index in [1.54, 1.807) is 16.7 Å². The van der Waals surface area contributed by atoms with Crippen molar-refractivity contribution in [3.63, 3.8) is 0 Å². The van der Waals surface area contributed by atoms with Crippen LogP contribution in [0.1, 0.15) is 19.8 Å². The second-order valence-corrected chi connectivity index (χ2v) is 8.45. The van der Waals surface area contributed by atoms with Crippen molar-refractivity contribution in [2.45, 2.75) is 30.7 Å². The number of carbonyl (C=O) groups excluding carboxylic acids is 3. The predicted molar refractivity (Wildman–Crippen MR) is 104 cm³/mol. The van der Waals surface area contributed by atoms with Gasteiger partial charge in [-0.1, -0.05) is 36.4 Å². The summed E-state index contributed by atoms with van der Waals surface area (Å²) < 4.78 is 5.22. The third kappa shape index (κ3) is 3.27. The number of rotatable bonds is 4. The number of esters is 1. The lowest BCUT2D eigenvalue weighted by molar-refractivity contribution is -0.155. The van der Waals surface area contributed by atoms with Crippen LogP contribution in [0.15, 0.2) is 42.5 Å². The lowest BCUT2D eigenvalue weighted by Crippen LogP contribution is -2.47. The SMILES string of the molecule is C[C@@]12CCC(=O)N1[C@H](C(=O)OCC(=O)Nc1cccc3ccccc13)CS2. The van der Waals surface area contributed by atoms with Gasteiger partial charge in [0.15, 0.2) is 6.61 Å². The van der Waals surface area contributed by atoms with Gasteiger partial charge in [0.05, 0.1) is 4.87 Å². The highest BCUT2D eigenvalue weighted by Gasteiger charge is 2.53. The molecule has 2 aromatic carbocycles. The lowest BCUT2D eigenvalue weighted by atomic mass is 10.1. The number of carbonyl (C=O) groups is 3. The number of fused-ring (bicyclic) bond motifs is 2. The van der Waals surface area contributed by atoms with Gasteiger partial charge < -0.3 is 15.0 Å². The summed E-state index contributed by atoms with van der Waals surface area (Å²) in [6, 6.07) is 12.7. The largest absolute Gasteiger partial charge is 0.454 e. The third-order valence-electron chi connectivity index (χ3n) is 5.13. The van der Waals surface area contributed by atoms with Crippen LogP contribution in [0.3, 0.4) is 0 Å². The van der Waals surface area contributed by atoms with Crippen LogP contribution in [0.25, 0.3) is 10.8 Å². The molecule has 2 saturated heterocycles. The average molecular weight is 384 g/mol. The van der Waals surface area contributed by atoms with E-state index in [4.69, 9.17) is 4.74 Å². The molecule has 2 aliphatic heterocycles. The number of nitrogens with zero attached hydrogens (tertiary/aromatic N) is 1. The molecule has 7 heteroatoms. The van der Waals surface area contributed by atoms with Crippen LogP contribution in [-0.4, -0.2) is 46.0 Å². The third-order valence-corrected chi connectivity index (χ3v) is 6.63. The Kier molecular flexibility index (Phi) is 4.55. The summed E-state index contributed by atoms with van der Waals surface area (Å²) in [5.41, 5.74) is 0.674. The highest BCUT2D eigenvalue weighted by Crippen LogP contribution is 2.47. The van der Waals surface area contributed by atoms with Gasteiger partial charge in [-0.05, 0) is 24.8 Å². The summed E-state index contributed by atoms with van der Waals surface area (Å²) in [6.45, 7) is 1.60. The van der Waals surface area contributed by atoms with Gasteiger partial charge in [-0.2, -0.15) is 0 Å². The highest BCUT2D eigenvalue weighted by molar-refractivity contribution is 8.01. The van der Waals surface area contributed by atoms with Crippen LogP contribution in [0, 0.1) is 0 Å². The second kappa shape index (κ2) is 6.88. The van der Waals surface area contributed by atoms with Gasteiger partial charge >= 0.3 is 5.97 Å². The van der Waals surface area contributed by atoms with Crippen LogP contribution < -0.4 is 5.32 Å². The van der Waals surface area contributed by atoms with Crippen molar-refractivity contribution in [3.8, 4) is 0 Å². The Morgan fingerprint density at radius 1 is 1.26 bits per heavy atom. The lowest BCUT2D eigenvalue weighted by Gasteiger charge is -2.29. The summed E-state index contributed by atoms with van der Waals surface area (Å²) in [5.74, 6) is -0.438. The monoisotopic (exact) mass is 384 g/mol. The second-order valence-electron chi connectivity index (χ2n) is 6.95. The van der Waals surface area contributed by atoms with Crippen molar-refractivity contribution in [2.24, 2.45) is 0 Å². The molecular formula is C20H20N2O4S. The predicted octanol–water partition coefficient (Wildman–Crippen LogP) is 2.78. The van der Waals surface area contributed by atoms with Crippen molar-refractivity contribution in [1.82, 2.24) is 4.90 Å². The maximum absolute atomic E-state index is 12.4. The molecule has 0 aliphatic carbocycles. The van der Waals surface area contributed by atoms with Crippen molar-refractivity contribution >= 4 is 46.0 Å². The number of nitrogens with one attached hydrogen (secondary N) is 1. The van der Waals surface area contributed by atoms with E-state index in [1.807, 2.05) is 49.4 Å². The molecule has 4 rings (SSSR count). The van der Waals surface area contributed by atoms with E-state index in [1.165, 1.54) is 0 Å². The van der Waals surface area contributed by atoms with E-state index < -0.39 is 17.9 Å². The zero-order valence-corrected chi connectivity index (χ0v) is 15.8. The molecule has 2 fully saturated rings. The fraction of sp³-hybridized carbons (Fsp3) is 0.350. The number of anilines is 1. The van der Waals surface area contributed by atoms with Crippen LogP contribution in [0.5, 0.6) is 0 Å². The first-order valence-corrected chi connectivity index (χ1v) is 9.87. The molecule has 0 spiro atoms. The zero-order chi connectivity index (χ0) is 19.0. The van der Waals surface area contributed by atoms with E-state index >= 15 is 0 Å². The number of benzene rings is 2. The topological polar surface area (TPSA) is 75.7 Å². The fourth-order valence-electron chi connectivity index (χ4n) is 3.75. The maximum atomic E-state index is 12.4. The molecule has 140 valence electrons. The Labute approximate surface area is 161 Å². The molecule has 0 bridgehead atoms. The first-order chi connectivity index (χ1) is 13.0. The van der Waals surface area contributed by atoms with Gasteiger partial charge in [0.1, 0.15) is 6.04 Å². The molecule has 2 heterocycles. The summed E-state index contributed by atoms with van der Waals surface area (Å²) in [4.78, 5) is 38.1. The Balaban J connectivity index is 1.38. The molecule has 6 nitrogen and oxygen atoms in total. The summed E-state index contributed by atoms with van der Waals surface area (Å²) in [5, 5.41) is 4.73. The van der Waals surface area contributed by atoms with Crippen molar-refractivity contribution < 1.29 is 19.1 Å². The number of thioether (sulfide) groups is 1. The van der Waals surface area contributed by atoms with Gasteiger partial charge in [-0.25, -0.2) is 4.79 Å². The molecule has 0 saturated carbocycles. The number of ether oxygens (including phenoxy) is 1. The van der Waals surface area contributed by atoms with Crippen LogP contribution in [-0.2, 0) is 19.1 Å². The van der Waals surface area contributed by atoms with Gasteiger partial charge in [0.25, 0.3) is 5.91 Å². The molecule has 0 radical (unpaired) electrons. The van der Waals surface area contributed by atoms with E-state index in [0.29, 0.717) is 17.9 Å². The first-order valence-electron chi connectivity index (χ1n) is 8.88. The molecule has 2 atom stereocenters. The van der Waals surface area contributed by atoms with E-state index in [9.17, 15) is 14.4 Å². The Bertz CT molecular complexity index is 926. The van der Waals surface area contributed by atoms with E-state index in [-0.39, 0.29) is 17.4 Å². The van der Waals surface area contributed by atoms with E-state index in [2.05, 4.69) is 5.32 Å². The average Bonchev–Trinajstić information content (AvgIpc) is 3.16. The number of amides is 2. The summed E-state index contributed by atoms with van der Waals surface area (Å²) in [6.07, 6.45) is 1.19. The van der Waals surface area contributed by atoms with Gasteiger partial charge in [0, 0.05) is 23.2 Å². The molecule has 2 amide bonds. The number of hydrogen-bond donors (Lipinski definition) is 1. The normalized spacial score (nSPS) is 24.1. The minimum Gasteiger partial charge on any atom is -0.454 e. The van der Waals surface area contributed by atoms with Crippen molar-refractivity contribution in [3.05, 3.63) is 42.5 Å². The van der Waals surface area contributed by atoms with Gasteiger partial charge in [-0.15, -0.1) is 11.8 Å². The fourth-order valence-corrected chi connectivity index (χ4v) is 5.17. The van der Waals surface area contributed by atoms with Gasteiger partial charge in [-0.3, -0.25) is 9.59 Å². The van der Waals surface area contributed by atoms with Crippen molar-refractivity contribution in [1.29, 1.82) is 0 Å². The number of hydrogen-bond acceptors (Lipinski definition) is 5. The minimum absolute atomic E-state index is 0.0235. The standard InChI is InChI=1S/C20H20N2O4S/c1-20-10-9-18(24)22(20)16(12-27-20)19(25)26-11-17(23)21-15-8-4-6-13-5-2-3-7-14(13)15/h2-8,16H,9-12H2,1H3,(H,21,23)/t16-,20+/m0/s1. The van der Waals surface area contributed by atoms with Crippen molar-refractivity contribution in [2.75, 3.05) is 17.7 Å². The van der Waals surface area contributed by atoms with E-state index in [0.717, 1.165) is 17.2 Å². The highest BCUT2D eigenvalue weighted by atomic mass is 32.2. The van der Waals surface area contributed by atoms with Gasteiger partial charge in [0.2, 0.25) is 5.91 Å². The molecule has 0 unspecified atom stereocenters. The maximum Gasteiger partial charge on any atom is 0.330 e. The molecule has 1 N–H and O–H groups in total. The molecule has 27 heavy (non-hydrogen) atoms. The summed E-state index contributed by atoms with van der Waals surface area (Å²) in [7, 11) is 0. The molecule has 2 aliphatic rings. The minimum atomic E-state index is -0.611. The summed E-state index contributed by atoms with van der Waals surface area (Å²) >= 11 is 1.60. The Morgan fingerprint density at radius 3 is 2.89 bits per heavy atom. The van der Waals surface area contributed by atoms with Crippen LogP contribution in [0.4, 0.5) is 5.69 Å². The molecule has 0 aromatic heterocycles. The Morgan fingerprint density at radius 2 is 2.04 bits per heavy atom. The molecule has 2 aromatic rings. The smallest absolute Gasteiger partial charge is 0.330 e. The van der Waals surface area contributed by atoms with Crippen LogP contribution >= 0.6 is 11.8 Å². The zero-order valence-electron chi connectivity index (χ0n) is 14.9. The molecular weight excluding hydrogens is 364 g/mol. The Hall–Kier alpha value is -2.54. The van der Waals surface area contributed by atoms with Crippen LogP contribution in [0.2, 0.25) is 0 Å². The first kappa shape index (κ1) is 17.9. The quantitative estimate of drug-likeness (QED) is 0.821.